The third kappa shape index (κ3) is 2.87. The fourth-order valence-electron chi connectivity index (χ4n) is 2.86. The van der Waals surface area contributed by atoms with Gasteiger partial charge in [0.1, 0.15) is 5.82 Å². The van der Waals surface area contributed by atoms with E-state index < -0.39 is 0 Å². The molecule has 0 aromatic carbocycles. The number of hydrogen-bond acceptors (Lipinski definition) is 4. The van der Waals surface area contributed by atoms with Crippen LogP contribution in [-0.4, -0.2) is 52.4 Å². The quantitative estimate of drug-likeness (QED) is 0.870. The van der Waals surface area contributed by atoms with Gasteiger partial charge in [-0.15, -0.1) is 0 Å². The molecule has 1 aliphatic heterocycles. The fourth-order valence-corrected chi connectivity index (χ4v) is 2.86. The van der Waals surface area contributed by atoms with Gasteiger partial charge in [0, 0.05) is 31.4 Å². The van der Waals surface area contributed by atoms with Gasteiger partial charge >= 0.3 is 0 Å². The molecule has 1 aliphatic rings. The van der Waals surface area contributed by atoms with E-state index in [2.05, 4.69) is 30.7 Å². The van der Waals surface area contributed by atoms with Crippen LogP contribution in [0, 0.1) is 0 Å². The Morgan fingerprint density at radius 1 is 1.37 bits per heavy atom. The molecule has 1 aromatic rings. The van der Waals surface area contributed by atoms with E-state index in [-0.39, 0.29) is 5.91 Å². The summed E-state index contributed by atoms with van der Waals surface area (Å²) in [7, 11) is 0. The molecule has 0 aliphatic carbocycles. The lowest BCUT2D eigenvalue weighted by atomic mass is 10.1. The minimum absolute atomic E-state index is 0.0435. The van der Waals surface area contributed by atoms with Crippen molar-refractivity contribution in [2.75, 3.05) is 25.4 Å². The maximum Gasteiger partial charge on any atom is 0.255 e. The second-order valence-electron chi connectivity index (χ2n) is 5.21. The zero-order valence-corrected chi connectivity index (χ0v) is 11.8. The number of nitrogen functional groups attached to an aromatic ring is 1. The van der Waals surface area contributed by atoms with E-state index in [1.54, 1.807) is 18.3 Å². The fraction of sp³-hybridized carbons (Fsp3) is 0.571. The molecule has 1 fully saturated rings. The van der Waals surface area contributed by atoms with Crippen molar-refractivity contribution in [3.05, 3.63) is 23.9 Å². The second kappa shape index (κ2) is 5.57. The number of hydrogen-bond donors (Lipinski definition) is 1. The van der Waals surface area contributed by atoms with Crippen LogP contribution in [0.5, 0.6) is 0 Å². The first kappa shape index (κ1) is 13.8. The highest BCUT2D eigenvalue weighted by Crippen LogP contribution is 2.17. The summed E-state index contributed by atoms with van der Waals surface area (Å²) in [4.78, 5) is 20.7. The zero-order chi connectivity index (χ0) is 14.0. The maximum atomic E-state index is 12.4. The molecule has 5 nitrogen and oxygen atoms in total. The van der Waals surface area contributed by atoms with Crippen molar-refractivity contribution >= 4 is 11.7 Å². The SMILES string of the molecule is CCN1C(C)CN(C(=O)c2ccc(N)nc2)CC1C. The summed E-state index contributed by atoms with van der Waals surface area (Å²) in [5.41, 5.74) is 6.15. The molecule has 0 saturated carbocycles. The number of anilines is 1. The normalized spacial score (nSPS) is 24.5. The van der Waals surface area contributed by atoms with Gasteiger partial charge in [0.25, 0.3) is 5.91 Å². The summed E-state index contributed by atoms with van der Waals surface area (Å²) in [6, 6.07) is 4.19. The van der Waals surface area contributed by atoms with E-state index in [0.29, 0.717) is 23.5 Å². The maximum absolute atomic E-state index is 12.4. The van der Waals surface area contributed by atoms with Crippen molar-refractivity contribution in [2.24, 2.45) is 0 Å². The van der Waals surface area contributed by atoms with Crippen molar-refractivity contribution in [3.8, 4) is 0 Å². The lowest BCUT2D eigenvalue weighted by Crippen LogP contribution is -2.57. The highest BCUT2D eigenvalue weighted by atomic mass is 16.2. The second-order valence-corrected chi connectivity index (χ2v) is 5.21. The molecule has 19 heavy (non-hydrogen) atoms. The Balaban J connectivity index is 2.10. The minimum atomic E-state index is 0.0435. The van der Waals surface area contributed by atoms with Crippen LogP contribution >= 0.6 is 0 Å². The molecule has 0 bridgehead atoms. The van der Waals surface area contributed by atoms with Crippen LogP contribution in [0.2, 0.25) is 0 Å². The summed E-state index contributed by atoms with van der Waals surface area (Å²) < 4.78 is 0. The van der Waals surface area contributed by atoms with Gasteiger partial charge in [0.05, 0.1) is 5.56 Å². The first-order valence-corrected chi connectivity index (χ1v) is 6.79. The van der Waals surface area contributed by atoms with Crippen LogP contribution in [-0.2, 0) is 0 Å². The Hall–Kier alpha value is -1.62. The van der Waals surface area contributed by atoms with E-state index in [1.807, 2.05) is 4.90 Å². The molecule has 1 aromatic heterocycles. The number of carbonyl (C=O) groups is 1. The lowest BCUT2D eigenvalue weighted by molar-refractivity contribution is 0.0330. The van der Waals surface area contributed by atoms with Crippen LogP contribution in [0.1, 0.15) is 31.1 Å². The standard InChI is InChI=1S/C14H22N4O/c1-4-18-10(2)8-17(9-11(18)3)14(19)12-5-6-13(15)16-7-12/h5-7,10-11H,4,8-9H2,1-3H3,(H2,15,16). The number of rotatable bonds is 2. The number of nitrogens with zero attached hydrogens (tertiary/aromatic N) is 3. The lowest BCUT2D eigenvalue weighted by Gasteiger charge is -2.44. The predicted octanol–water partition coefficient (Wildman–Crippen LogP) is 1.22. The first-order chi connectivity index (χ1) is 9.02. The average Bonchev–Trinajstić information content (AvgIpc) is 2.38. The van der Waals surface area contributed by atoms with E-state index in [1.165, 1.54) is 0 Å². The van der Waals surface area contributed by atoms with Gasteiger partial charge in [-0.1, -0.05) is 6.92 Å². The summed E-state index contributed by atoms with van der Waals surface area (Å²) in [6.07, 6.45) is 1.55. The molecule has 2 heterocycles. The van der Waals surface area contributed by atoms with Gasteiger partial charge in [-0.2, -0.15) is 0 Å². The number of pyridine rings is 1. The Kier molecular flexibility index (Phi) is 4.04. The third-order valence-corrected chi connectivity index (χ3v) is 3.79. The predicted molar refractivity (Wildman–Crippen MR) is 75.9 cm³/mol. The molecule has 0 spiro atoms. The number of carbonyl (C=O) groups excluding carboxylic acids is 1. The molecule has 1 amide bonds. The van der Waals surface area contributed by atoms with Gasteiger partial charge in [0.2, 0.25) is 0 Å². The highest BCUT2D eigenvalue weighted by molar-refractivity contribution is 5.94. The molecule has 2 rings (SSSR count). The van der Waals surface area contributed by atoms with Crippen LogP contribution < -0.4 is 5.73 Å². The molecule has 2 atom stereocenters. The van der Waals surface area contributed by atoms with Crippen LogP contribution in [0.3, 0.4) is 0 Å². The van der Waals surface area contributed by atoms with Crippen LogP contribution in [0.15, 0.2) is 18.3 Å². The number of amides is 1. The van der Waals surface area contributed by atoms with Crippen molar-refractivity contribution in [1.82, 2.24) is 14.8 Å². The Labute approximate surface area is 114 Å². The number of piperazine rings is 1. The summed E-state index contributed by atoms with van der Waals surface area (Å²) >= 11 is 0. The smallest absolute Gasteiger partial charge is 0.255 e. The Morgan fingerprint density at radius 3 is 2.47 bits per heavy atom. The van der Waals surface area contributed by atoms with Gasteiger partial charge in [0.15, 0.2) is 0 Å². The molecule has 104 valence electrons. The van der Waals surface area contributed by atoms with Gasteiger partial charge in [-0.05, 0) is 32.5 Å². The summed E-state index contributed by atoms with van der Waals surface area (Å²) in [5, 5.41) is 0. The van der Waals surface area contributed by atoms with E-state index >= 15 is 0 Å². The van der Waals surface area contributed by atoms with E-state index in [0.717, 1.165) is 19.6 Å². The average molecular weight is 262 g/mol. The molecule has 2 N–H and O–H groups in total. The summed E-state index contributed by atoms with van der Waals surface area (Å²) in [5.74, 6) is 0.482. The van der Waals surface area contributed by atoms with Gasteiger partial charge < -0.3 is 10.6 Å². The minimum Gasteiger partial charge on any atom is -0.384 e. The van der Waals surface area contributed by atoms with Crippen LogP contribution in [0.4, 0.5) is 5.82 Å². The molecule has 1 saturated heterocycles. The first-order valence-electron chi connectivity index (χ1n) is 6.79. The highest BCUT2D eigenvalue weighted by Gasteiger charge is 2.31. The molecule has 0 radical (unpaired) electrons. The topological polar surface area (TPSA) is 62.5 Å². The zero-order valence-electron chi connectivity index (χ0n) is 11.8. The van der Waals surface area contributed by atoms with E-state index in [4.69, 9.17) is 5.73 Å². The van der Waals surface area contributed by atoms with Crippen molar-refractivity contribution in [3.63, 3.8) is 0 Å². The van der Waals surface area contributed by atoms with Gasteiger partial charge in [-0.25, -0.2) is 4.98 Å². The third-order valence-electron chi connectivity index (χ3n) is 3.79. The largest absolute Gasteiger partial charge is 0.384 e. The molecule has 2 unspecified atom stereocenters. The van der Waals surface area contributed by atoms with Crippen molar-refractivity contribution in [1.29, 1.82) is 0 Å². The Bertz CT molecular complexity index is 433. The number of likely N-dealkylation sites (N-methyl/N-ethyl adjacent to an activating group) is 1. The summed E-state index contributed by atoms with van der Waals surface area (Å²) in [6.45, 7) is 9.05. The van der Waals surface area contributed by atoms with Crippen LogP contribution in [0.25, 0.3) is 0 Å². The number of nitrogens with two attached hydrogens (primary N) is 1. The molecular weight excluding hydrogens is 240 g/mol. The molecule has 5 heteroatoms. The van der Waals surface area contributed by atoms with Crippen molar-refractivity contribution < 1.29 is 4.79 Å². The monoisotopic (exact) mass is 262 g/mol. The number of aromatic nitrogens is 1. The van der Waals surface area contributed by atoms with Gasteiger partial charge in [-0.3, -0.25) is 9.69 Å². The van der Waals surface area contributed by atoms with E-state index in [9.17, 15) is 4.79 Å². The Morgan fingerprint density at radius 2 is 2.00 bits per heavy atom. The molecular formula is C14H22N4O. The van der Waals surface area contributed by atoms with Crippen molar-refractivity contribution in [2.45, 2.75) is 32.9 Å².